The molecule has 1 rings (SSSR count). The van der Waals surface area contributed by atoms with Crippen molar-refractivity contribution in [1.82, 2.24) is 0 Å². The SMILES string of the molecule is Clc1[c]ccc(I)c1Cl. The molecule has 0 fully saturated rings. The molecular weight excluding hydrogens is 270 g/mol. The Morgan fingerprint density at radius 3 is 2.56 bits per heavy atom. The van der Waals surface area contributed by atoms with Crippen molar-refractivity contribution in [2.75, 3.05) is 0 Å². The lowest BCUT2D eigenvalue weighted by Gasteiger charge is -1.94. The Bertz CT molecular complexity index is 202. The van der Waals surface area contributed by atoms with Gasteiger partial charge in [-0.3, -0.25) is 0 Å². The van der Waals surface area contributed by atoms with Crippen molar-refractivity contribution in [3.05, 3.63) is 31.8 Å². The summed E-state index contributed by atoms with van der Waals surface area (Å²) in [5.41, 5.74) is 0. The molecule has 0 aromatic heterocycles. The van der Waals surface area contributed by atoms with E-state index in [4.69, 9.17) is 23.2 Å². The van der Waals surface area contributed by atoms with Crippen LogP contribution in [0.25, 0.3) is 0 Å². The van der Waals surface area contributed by atoms with Gasteiger partial charge in [0.1, 0.15) is 0 Å². The number of hydrogen-bond donors (Lipinski definition) is 0. The molecule has 0 heterocycles. The highest BCUT2D eigenvalue weighted by molar-refractivity contribution is 14.1. The standard InChI is InChI=1S/C6H2Cl2I/c7-4-2-1-3-5(9)6(4)8/h1,3H. The van der Waals surface area contributed by atoms with Crippen molar-refractivity contribution in [3.63, 3.8) is 0 Å². The van der Waals surface area contributed by atoms with E-state index in [0.717, 1.165) is 3.57 Å². The Morgan fingerprint density at radius 1 is 1.44 bits per heavy atom. The van der Waals surface area contributed by atoms with Gasteiger partial charge < -0.3 is 0 Å². The van der Waals surface area contributed by atoms with Crippen molar-refractivity contribution < 1.29 is 0 Å². The molecule has 0 aliphatic rings. The lowest BCUT2D eigenvalue weighted by atomic mass is 10.4. The van der Waals surface area contributed by atoms with Crippen LogP contribution in [-0.2, 0) is 0 Å². The van der Waals surface area contributed by atoms with Crippen molar-refractivity contribution >= 4 is 45.8 Å². The zero-order valence-electron chi connectivity index (χ0n) is 4.29. The Kier molecular flexibility index (Phi) is 2.61. The molecular formula is C6H2Cl2I. The van der Waals surface area contributed by atoms with Crippen LogP contribution in [0.2, 0.25) is 10.0 Å². The van der Waals surface area contributed by atoms with Gasteiger partial charge in [0.05, 0.1) is 10.0 Å². The first-order chi connectivity index (χ1) is 4.22. The lowest BCUT2D eigenvalue weighted by Crippen LogP contribution is -1.73. The number of hydrogen-bond acceptors (Lipinski definition) is 0. The molecule has 0 amide bonds. The molecule has 47 valence electrons. The van der Waals surface area contributed by atoms with Gasteiger partial charge in [0.25, 0.3) is 0 Å². The summed E-state index contributed by atoms with van der Waals surface area (Å²) in [5.74, 6) is 0. The van der Waals surface area contributed by atoms with E-state index in [0.29, 0.717) is 10.0 Å². The van der Waals surface area contributed by atoms with Gasteiger partial charge in [-0.05, 0) is 28.7 Å². The monoisotopic (exact) mass is 271 g/mol. The average Bonchev–Trinajstić information content (AvgIpc) is 1.83. The number of halogens is 3. The van der Waals surface area contributed by atoms with Crippen LogP contribution >= 0.6 is 45.8 Å². The van der Waals surface area contributed by atoms with Gasteiger partial charge in [-0.25, -0.2) is 0 Å². The van der Waals surface area contributed by atoms with E-state index in [9.17, 15) is 0 Å². The normalized spacial score (nSPS) is 9.67. The van der Waals surface area contributed by atoms with Gasteiger partial charge in [0, 0.05) is 9.64 Å². The molecule has 0 saturated heterocycles. The molecule has 0 N–H and O–H groups in total. The van der Waals surface area contributed by atoms with Crippen LogP contribution in [0.1, 0.15) is 0 Å². The van der Waals surface area contributed by atoms with E-state index in [-0.39, 0.29) is 0 Å². The molecule has 0 nitrogen and oxygen atoms in total. The number of benzene rings is 1. The van der Waals surface area contributed by atoms with Crippen LogP contribution in [-0.4, -0.2) is 0 Å². The summed E-state index contributed by atoms with van der Waals surface area (Å²) in [5, 5.41) is 1.07. The van der Waals surface area contributed by atoms with E-state index >= 15 is 0 Å². The maximum Gasteiger partial charge on any atom is 0.0732 e. The van der Waals surface area contributed by atoms with E-state index in [1.807, 2.05) is 6.07 Å². The average molecular weight is 272 g/mol. The van der Waals surface area contributed by atoms with Gasteiger partial charge in [-0.1, -0.05) is 29.3 Å². The lowest BCUT2D eigenvalue weighted by molar-refractivity contribution is 1.63. The van der Waals surface area contributed by atoms with Crippen LogP contribution in [0.3, 0.4) is 0 Å². The molecule has 0 aliphatic carbocycles. The molecule has 0 unspecified atom stereocenters. The Balaban J connectivity index is 3.25. The maximum absolute atomic E-state index is 5.71. The second-order valence-corrected chi connectivity index (χ2v) is 3.37. The second-order valence-electron chi connectivity index (χ2n) is 1.45. The van der Waals surface area contributed by atoms with Gasteiger partial charge in [0.15, 0.2) is 0 Å². The molecule has 0 spiro atoms. The van der Waals surface area contributed by atoms with Crippen molar-refractivity contribution in [3.8, 4) is 0 Å². The minimum atomic E-state index is 0.489. The number of rotatable bonds is 0. The van der Waals surface area contributed by atoms with E-state index in [2.05, 4.69) is 28.7 Å². The fourth-order valence-corrected chi connectivity index (χ4v) is 1.32. The van der Waals surface area contributed by atoms with Crippen molar-refractivity contribution in [2.45, 2.75) is 0 Å². The van der Waals surface area contributed by atoms with E-state index in [1.54, 1.807) is 6.07 Å². The summed E-state index contributed by atoms with van der Waals surface area (Å²) < 4.78 is 0.956. The Hall–Kier alpha value is 0.530. The molecule has 1 aromatic rings. The Morgan fingerprint density at radius 2 is 2.11 bits per heavy atom. The highest BCUT2D eigenvalue weighted by atomic mass is 127. The highest BCUT2D eigenvalue weighted by Gasteiger charge is 1.98. The van der Waals surface area contributed by atoms with E-state index in [1.165, 1.54) is 0 Å². The molecule has 0 aliphatic heterocycles. The van der Waals surface area contributed by atoms with Crippen LogP contribution in [0.5, 0.6) is 0 Å². The van der Waals surface area contributed by atoms with Gasteiger partial charge in [-0.2, -0.15) is 0 Å². The molecule has 9 heavy (non-hydrogen) atoms. The molecule has 0 bridgehead atoms. The van der Waals surface area contributed by atoms with Crippen molar-refractivity contribution in [2.24, 2.45) is 0 Å². The van der Waals surface area contributed by atoms with Gasteiger partial charge in [0.2, 0.25) is 0 Å². The zero-order valence-corrected chi connectivity index (χ0v) is 7.96. The summed E-state index contributed by atoms with van der Waals surface area (Å²) in [6.45, 7) is 0. The molecule has 1 aromatic carbocycles. The molecule has 3 heteroatoms. The van der Waals surface area contributed by atoms with Crippen LogP contribution in [0.4, 0.5) is 0 Å². The van der Waals surface area contributed by atoms with Crippen LogP contribution in [0.15, 0.2) is 12.1 Å². The third kappa shape index (κ3) is 1.72. The summed E-state index contributed by atoms with van der Waals surface area (Å²) in [4.78, 5) is 0. The predicted molar refractivity (Wildman–Crippen MR) is 48.0 cm³/mol. The minimum absolute atomic E-state index is 0.489. The quantitative estimate of drug-likeness (QED) is 0.501. The zero-order chi connectivity index (χ0) is 6.85. The summed E-state index contributed by atoms with van der Waals surface area (Å²) in [7, 11) is 0. The van der Waals surface area contributed by atoms with Crippen molar-refractivity contribution in [1.29, 1.82) is 0 Å². The second kappa shape index (κ2) is 3.08. The van der Waals surface area contributed by atoms with Crippen LogP contribution in [0, 0.1) is 9.64 Å². The highest BCUT2D eigenvalue weighted by Crippen LogP contribution is 2.25. The summed E-state index contributed by atoms with van der Waals surface area (Å²) in [6, 6.07) is 6.37. The topological polar surface area (TPSA) is 0 Å². The first-order valence-electron chi connectivity index (χ1n) is 2.23. The fraction of sp³-hybridized carbons (Fsp3) is 0. The largest absolute Gasteiger partial charge is 0.0820 e. The third-order valence-electron chi connectivity index (χ3n) is 0.842. The Labute approximate surface area is 77.3 Å². The van der Waals surface area contributed by atoms with Gasteiger partial charge in [-0.15, -0.1) is 0 Å². The minimum Gasteiger partial charge on any atom is -0.0820 e. The van der Waals surface area contributed by atoms with Crippen LogP contribution < -0.4 is 0 Å². The van der Waals surface area contributed by atoms with E-state index < -0.39 is 0 Å². The first-order valence-corrected chi connectivity index (χ1v) is 4.06. The third-order valence-corrected chi connectivity index (χ3v) is 2.85. The van der Waals surface area contributed by atoms with Gasteiger partial charge >= 0.3 is 0 Å². The molecule has 0 saturated carbocycles. The predicted octanol–water partition coefficient (Wildman–Crippen LogP) is 3.40. The maximum atomic E-state index is 5.71. The fourth-order valence-electron chi connectivity index (χ4n) is 0.429. The first kappa shape index (κ1) is 7.63. The molecule has 0 atom stereocenters. The smallest absolute Gasteiger partial charge is 0.0732 e. The molecule has 1 radical (unpaired) electrons. The summed E-state index contributed by atoms with van der Waals surface area (Å²) in [6.07, 6.45) is 0. The summed E-state index contributed by atoms with van der Waals surface area (Å²) >= 11 is 13.4.